The van der Waals surface area contributed by atoms with Gasteiger partial charge in [-0.25, -0.2) is 8.42 Å². The van der Waals surface area contributed by atoms with Crippen LogP contribution in [0.4, 0.5) is 5.69 Å². The van der Waals surface area contributed by atoms with Crippen molar-refractivity contribution in [1.82, 2.24) is 10.2 Å². The molecule has 0 aliphatic carbocycles. The first kappa shape index (κ1) is 32.7. The predicted molar refractivity (Wildman–Crippen MR) is 168 cm³/mol. The fourth-order valence-electron chi connectivity index (χ4n) is 4.64. The SMILES string of the molecule is CCC(C)NC(=O)C(Cc1ccccc1)N(Cc1ccc(C)cc1)C(=O)CCCN(c1ccc(OC)cc1)S(C)(=O)=O. The number of anilines is 1. The predicted octanol–water partition coefficient (Wildman–Crippen LogP) is 5.10. The molecule has 3 rings (SSSR count). The van der Waals surface area contributed by atoms with Gasteiger partial charge in [0.2, 0.25) is 21.8 Å². The van der Waals surface area contributed by atoms with Crippen molar-refractivity contribution >= 4 is 27.5 Å². The number of benzene rings is 3. The molecule has 0 spiro atoms. The van der Waals surface area contributed by atoms with E-state index in [2.05, 4.69) is 5.32 Å². The minimum absolute atomic E-state index is 0.0417. The highest BCUT2D eigenvalue weighted by atomic mass is 32.2. The van der Waals surface area contributed by atoms with E-state index < -0.39 is 16.1 Å². The van der Waals surface area contributed by atoms with E-state index in [1.165, 1.54) is 4.31 Å². The number of sulfonamides is 1. The summed E-state index contributed by atoms with van der Waals surface area (Å²) in [5, 5.41) is 3.07. The van der Waals surface area contributed by atoms with Crippen LogP contribution in [0.15, 0.2) is 78.9 Å². The molecule has 0 saturated carbocycles. The number of carbonyl (C=O) groups excluding carboxylic acids is 2. The number of hydrogen-bond donors (Lipinski definition) is 1. The largest absolute Gasteiger partial charge is 0.497 e. The lowest BCUT2D eigenvalue weighted by Crippen LogP contribution is -2.52. The fraction of sp³-hybridized carbons (Fsp3) is 0.394. The second-order valence-corrected chi connectivity index (χ2v) is 12.6. The van der Waals surface area contributed by atoms with Gasteiger partial charge in [-0.1, -0.05) is 67.1 Å². The summed E-state index contributed by atoms with van der Waals surface area (Å²) in [5.74, 6) is 0.206. The van der Waals surface area contributed by atoms with Crippen LogP contribution < -0.4 is 14.4 Å². The Hall–Kier alpha value is -3.85. The molecule has 0 aromatic heterocycles. The lowest BCUT2D eigenvalue weighted by molar-refractivity contribution is -0.141. The topological polar surface area (TPSA) is 96.0 Å². The Morgan fingerprint density at radius 3 is 2.14 bits per heavy atom. The Morgan fingerprint density at radius 2 is 1.57 bits per heavy atom. The highest BCUT2D eigenvalue weighted by molar-refractivity contribution is 7.92. The second kappa shape index (κ2) is 15.4. The van der Waals surface area contributed by atoms with Crippen molar-refractivity contribution in [3.63, 3.8) is 0 Å². The Labute approximate surface area is 250 Å². The summed E-state index contributed by atoms with van der Waals surface area (Å²) in [6.07, 6.45) is 2.64. The molecule has 0 heterocycles. The van der Waals surface area contributed by atoms with Crippen LogP contribution in [0, 0.1) is 6.92 Å². The Balaban J connectivity index is 1.87. The maximum absolute atomic E-state index is 13.9. The Bertz CT molecular complexity index is 1390. The van der Waals surface area contributed by atoms with Gasteiger partial charge in [-0.15, -0.1) is 0 Å². The molecule has 0 saturated heterocycles. The van der Waals surface area contributed by atoms with Crippen LogP contribution in [-0.2, 0) is 32.6 Å². The Kier molecular flexibility index (Phi) is 12.0. The van der Waals surface area contributed by atoms with Gasteiger partial charge in [-0.05, 0) is 62.1 Å². The first-order chi connectivity index (χ1) is 20.0. The van der Waals surface area contributed by atoms with Crippen LogP contribution in [0.25, 0.3) is 0 Å². The van der Waals surface area contributed by atoms with Crippen LogP contribution in [0.2, 0.25) is 0 Å². The zero-order chi connectivity index (χ0) is 30.7. The monoisotopic (exact) mass is 593 g/mol. The number of nitrogens with one attached hydrogen (secondary N) is 1. The van der Waals surface area contributed by atoms with Crippen molar-refractivity contribution in [3.8, 4) is 5.75 Å². The van der Waals surface area contributed by atoms with Crippen molar-refractivity contribution in [1.29, 1.82) is 0 Å². The Morgan fingerprint density at radius 1 is 0.929 bits per heavy atom. The molecule has 2 amide bonds. The van der Waals surface area contributed by atoms with E-state index in [1.54, 1.807) is 36.3 Å². The van der Waals surface area contributed by atoms with Crippen molar-refractivity contribution in [2.24, 2.45) is 0 Å². The molecule has 0 fully saturated rings. The normalized spacial score (nSPS) is 12.7. The molecule has 0 aliphatic rings. The van der Waals surface area contributed by atoms with Crippen LogP contribution in [0.1, 0.15) is 49.8 Å². The van der Waals surface area contributed by atoms with Crippen LogP contribution in [-0.4, -0.2) is 57.1 Å². The third-order valence-corrected chi connectivity index (χ3v) is 8.45. The first-order valence-electron chi connectivity index (χ1n) is 14.3. The average Bonchev–Trinajstić information content (AvgIpc) is 2.97. The number of carbonyl (C=O) groups is 2. The van der Waals surface area contributed by atoms with Gasteiger partial charge in [0, 0.05) is 32.0 Å². The summed E-state index contributed by atoms with van der Waals surface area (Å²) in [6, 6.07) is 23.6. The molecule has 2 unspecified atom stereocenters. The summed E-state index contributed by atoms with van der Waals surface area (Å²) in [7, 11) is -2.04. The number of nitrogens with zero attached hydrogens (tertiary/aromatic N) is 2. The highest BCUT2D eigenvalue weighted by Crippen LogP contribution is 2.23. The molecule has 0 aliphatic heterocycles. The van der Waals surface area contributed by atoms with Crippen LogP contribution >= 0.6 is 0 Å². The number of hydrogen-bond acceptors (Lipinski definition) is 5. The number of aryl methyl sites for hydroxylation is 1. The molecule has 9 heteroatoms. The number of methoxy groups -OCH3 is 1. The summed E-state index contributed by atoms with van der Waals surface area (Å²) in [6.45, 7) is 6.34. The minimum Gasteiger partial charge on any atom is -0.497 e. The molecule has 0 bridgehead atoms. The molecule has 1 N–H and O–H groups in total. The van der Waals surface area contributed by atoms with E-state index in [0.717, 1.165) is 29.4 Å². The number of ether oxygens (including phenoxy) is 1. The van der Waals surface area contributed by atoms with Gasteiger partial charge in [-0.3, -0.25) is 13.9 Å². The van der Waals surface area contributed by atoms with Crippen LogP contribution in [0.3, 0.4) is 0 Å². The smallest absolute Gasteiger partial charge is 0.243 e. The molecule has 2 atom stereocenters. The minimum atomic E-state index is -3.59. The van der Waals surface area contributed by atoms with Gasteiger partial charge >= 0.3 is 0 Å². The van der Waals surface area contributed by atoms with Gasteiger partial charge < -0.3 is 15.0 Å². The molecular weight excluding hydrogens is 550 g/mol. The van der Waals surface area contributed by atoms with Gasteiger partial charge in [0.25, 0.3) is 0 Å². The van der Waals surface area contributed by atoms with E-state index >= 15 is 0 Å². The van der Waals surface area contributed by atoms with Gasteiger partial charge in [0.1, 0.15) is 11.8 Å². The van der Waals surface area contributed by atoms with Gasteiger partial charge in [0.15, 0.2) is 0 Å². The van der Waals surface area contributed by atoms with Crippen molar-refractivity contribution in [2.75, 3.05) is 24.2 Å². The molecule has 42 heavy (non-hydrogen) atoms. The molecule has 0 radical (unpaired) electrons. The molecule has 226 valence electrons. The fourth-order valence-corrected chi connectivity index (χ4v) is 5.60. The summed E-state index contributed by atoms with van der Waals surface area (Å²) < 4.78 is 31.8. The molecular formula is C33H43N3O5S. The molecule has 3 aromatic carbocycles. The van der Waals surface area contributed by atoms with E-state index in [-0.39, 0.29) is 43.8 Å². The zero-order valence-corrected chi connectivity index (χ0v) is 26.1. The first-order valence-corrected chi connectivity index (χ1v) is 16.2. The van der Waals surface area contributed by atoms with Crippen molar-refractivity contribution in [2.45, 2.75) is 65.1 Å². The number of rotatable bonds is 15. The number of amides is 2. The van der Waals surface area contributed by atoms with E-state index in [9.17, 15) is 18.0 Å². The maximum atomic E-state index is 13.9. The van der Waals surface area contributed by atoms with E-state index in [4.69, 9.17) is 4.74 Å². The van der Waals surface area contributed by atoms with Crippen LogP contribution in [0.5, 0.6) is 5.75 Å². The quantitative estimate of drug-likeness (QED) is 0.264. The maximum Gasteiger partial charge on any atom is 0.243 e. The highest BCUT2D eigenvalue weighted by Gasteiger charge is 2.31. The third-order valence-electron chi connectivity index (χ3n) is 7.26. The van der Waals surface area contributed by atoms with Crippen molar-refractivity contribution < 1.29 is 22.7 Å². The average molecular weight is 594 g/mol. The molecule has 3 aromatic rings. The summed E-state index contributed by atoms with van der Waals surface area (Å²) in [4.78, 5) is 29.2. The second-order valence-electron chi connectivity index (χ2n) is 10.7. The van der Waals surface area contributed by atoms with Crippen molar-refractivity contribution in [3.05, 3.63) is 95.6 Å². The third kappa shape index (κ3) is 9.62. The van der Waals surface area contributed by atoms with Gasteiger partial charge in [0.05, 0.1) is 19.1 Å². The molecule has 8 nitrogen and oxygen atoms in total. The summed E-state index contributed by atoms with van der Waals surface area (Å²) in [5.41, 5.74) is 3.47. The van der Waals surface area contributed by atoms with E-state index in [0.29, 0.717) is 17.9 Å². The van der Waals surface area contributed by atoms with E-state index in [1.807, 2.05) is 75.4 Å². The standard InChI is InChI=1S/C33H43N3O5S/c1-6-26(3)34-33(38)31(23-27-11-8-7-9-12-27)35(24-28-16-14-25(2)15-17-28)32(37)13-10-22-36(42(5,39)40)29-18-20-30(41-4)21-19-29/h7-9,11-12,14-21,26,31H,6,10,13,22-24H2,1-5H3,(H,34,38). The lowest BCUT2D eigenvalue weighted by Gasteiger charge is -2.32. The zero-order valence-electron chi connectivity index (χ0n) is 25.2. The summed E-state index contributed by atoms with van der Waals surface area (Å²) >= 11 is 0. The van der Waals surface area contributed by atoms with Gasteiger partial charge in [-0.2, -0.15) is 0 Å². The lowest BCUT2D eigenvalue weighted by atomic mass is 10.0.